The van der Waals surface area contributed by atoms with Crippen molar-refractivity contribution < 1.29 is 9.53 Å². The summed E-state index contributed by atoms with van der Waals surface area (Å²) in [4.78, 5) is 25.0. The smallest absolute Gasteiger partial charge is 0.300 e. The highest BCUT2D eigenvalue weighted by Crippen LogP contribution is 2.24. The van der Waals surface area contributed by atoms with E-state index in [4.69, 9.17) is 4.74 Å². The van der Waals surface area contributed by atoms with Gasteiger partial charge in [0, 0.05) is 18.1 Å². The highest BCUT2D eigenvalue weighted by Gasteiger charge is 2.14. The minimum absolute atomic E-state index is 0.112. The van der Waals surface area contributed by atoms with Gasteiger partial charge in [-0.05, 0) is 24.3 Å². The van der Waals surface area contributed by atoms with Crippen molar-refractivity contribution in [2.24, 2.45) is 0 Å². The van der Waals surface area contributed by atoms with Gasteiger partial charge in [0.05, 0.1) is 18.6 Å². The molecule has 4 aromatic rings. The zero-order valence-electron chi connectivity index (χ0n) is 15.5. The standard InChI is InChI=1S/C20H17N5O3S/c1-28-16-10-6-5-9-15(16)21-17(26)13-29-20-23-22-18-19(27)24(11-12-25(18)20)14-7-3-2-4-8-14/h2-12H,13H2,1H3,(H,21,26). The third-order valence-electron chi connectivity index (χ3n) is 4.19. The molecule has 4 rings (SSSR count). The summed E-state index contributed by atoms with van der Waals surface area (Å²) in [5, 5.41) is 11.3. The van der Waals surface area contributed by atoms with Crippen LogP contribution in [0.25, 0.3) is 11.3 Å². The van der Waals surface area contributed by atoms with Gasteiger partial charge in [0.15, 0.2) is 5.16 Å². The molecule has 0 aliphatic rings. The number of rotatable bonds is 6. The Morgan fingerprint density at radius 1 is 1.07 bits per heavy atom. The number of hydrogen-bond acceptors (Lipinski definition) is 6. The van der Waals surface area contributed by atoms with Crippen LogP contribution in [-0.4, -0.2) is 37.9 Å². The summed E-state index contributed by atoms with van der Waals surface area (Å²) in [6.45, 7) is 0. The summed E-state index contributed by atoms with van der Waals surface area (Å²) in [5.41, 5.74) is 1.26. The zero-order chi connectivity index (χ0) is 20.2. The predicted octanol–water partition coefficient (Wildman–Crippen LogP) is 2.62. The number of hydrogen-bond donors (Lipinski definition) is 1. The fraction of sp³-hybridized carbons (Fsp3) is 0.100. The van der Waals surface area contributed by atoms with E-state index in [2.05, 4.69) is 15.5 Å². The van der Waals surface area contributed by atoms with E-state index in [0.717, 1.165) is 5.69 Å². The van der Waals surface area contributed by atoms with Crippen molar-refractivity contribution in [3.05, 3.63) is 77.3 Å². The van der Waals surface area contributed by atoms with Crippen LogP contribution < -0.4 is 15.6 Å². The molecular weight excluding hydrogens is 390 g/mol. The molecule has 1 N–H and O–H groups in total. The number of carbonyl (C=O) groups is 1. The van der Waals surface area contributed by atoms with Crippen molar-refractivity contribution in [1.82, 2.24) is 19.2 Å². The third kappa shape index (κ3) is 3.85. The van der Waals surface area contributed by atoms with Crippen LogP contribution in [0.5, 0.6) is 5.75 Å². The first kappa shape index (κ1) is 18.8. The van der Waals surface area contributed by atoms with Crippen molar-refractivity contribution in [2.45, 2.75) is 5.16 Å². The van der Waals surface area contributed by atoms with E-state index in [1.165, 1.54) is 16.3 Å². The Morgan fingerprint density at radius 2 is 1.83 bits per heavy atom. The maximum Gasteiger partial charge on any atom is 0.300 e. The van der Waals surface area contributed by atoms with Crippen molar-refractivity contribution in [3.8, 4) is 11.4 Å². The number of thioether (sulfide) groups is 1. The number of para-hydroxylation sites is 3. The monoisotopic (exact) mass is 407 g/mol. The first-order valence-electron chi connectivity index (χ1n) is 8.75. The number of nitrogens with zero attached hydrogens (tertiary/aromatic N) is 4. The molecule has 8 nitrogen and oxygen atoms in total. The summed E-state index contributed by atoms with van der Waals surface area (Å²) >= 11 is 1.20. The second-order valence-electron chi connectivity index (χ2n) is 6.02. The zero-order valence-corrected chi connectivity index (χ0v) is 16.3. The lowest BCUT2D eigenvalue weighted by atomic mass is 10.3. The maximum absolute atomic E-state index is 12.7. The van der Waals surface area contributed by atoms with Crippen LogP contribution in [0, 0.1) is 0 Å². The molecule has 9 heteroatoms. The van der Waals surface area contributed by atoms with Crippen molar-refractivity contribution >= 4 is 29.0 Å². The topological polar surface area (TPSA) is 90.5 Å². The molecule has 0 unspecified atom stereocenters. The van der Waals surface area contributed by atoms with Gasteiger partial charge < -0.3 is 10.1 Å². The molecule has 0 fully saturated rings. The van der Waals surface area contributed by atoms with Crippen molar-refractivity contribution in [3.63, 3.8) is 0 Å². The van der Waals surface area contributed by atoms with Gasteiger partial charge in [-0.25, -0.2) is 0 Å². The molecule has 146 valence electrons. The van der Waals surface area contributed by atoms with Gasteiger partial charge in [0.1, 0.15) is 5.75 Å². The van der Waals surface area contributed by atoms with Gasteiger partial charge in [-0.2, -0.15) is 0 Å². The van der Waals surface area contributed by atoms with Gasteiger partial charge in [0.2, 0.25) is 11.6 Å². The van der Waals surface area contributed by atoms with Crippen LogP contribution in [-0.2, 0) is 4.79 Å². The van der Waals surface area contributed by atoms with Gasteiger partial charge in [-0.15, -0.1) is 10.2 Å². The predicted molar refractivity (Wildman–Crippen MR) is 111 cm³/mol. The Labute approximate surface area is 170 Å². The number of methoxy groups -OCH3 is 1. The lowest BCUT2D eigenvalue weighted by Crippen LogP contribution is -2.20. The summed E-state index contributed by atoms with van der Waals surface area (Å²) in [6, 6.07) is 16.5. The molecule has 2 heterocycles. The Morgan fingerprint density at radius 3 is 2.62 bits per heavy atom. The summed E-state index contributed by atoms with van der Waals surface area (Å²) < 4.78 is 8.32. The minimum atomic E-state index is -0.281. The van der Waals surface area contributed by atoms with E-state index in [9.17, 15) is 9.59 Å². The Hall–Kier alpha value is -3.59. The Kier molecular flexibility index (Phi) is 5.30. The lowest BCUT2D eigenvalue weighted by molar-refractivity contribution is -0.113. The molecule has 0 aliphatic carbocycles. The number of amides is 1. The summed E-state index contributed by atoms with van der Waals surface area (Å²) in [5.74, 6) is 0.481. The molecule has 2 aromatic carbocycles. The molecule has 0 radical (unpaired) electrons. The van der Waals surface area contributed by atoms with E-state index in [0.29, 0.717) is 16.6 Å². The normalized spacial score (nSPS) is 10.8. The minimum Gasteiger partial charge on any atom is -0.495 e. The van der Waals surface area contributed by atoms with E-state index < -0.39 is 0 Å². The van der Waals surface area contributed by atoms with Crippen LogP contribution in [0.1, 0.15) is 0 Å². The number of nitrogens with one attached hydrogen (secondary N) is 1. The van der Waals surface area contributed by atoms with E-state index in [1.807, 2.05) is 42.5 Å². The summed E-state index contributed by atoms with van der Waals surface area (Å²) in [6.07, 6.45) is 3.37. The molecule has 0 atom stereocenters. The van der Waals surface area contributed by atoms with Crippen LogP contribution in [0.2, 0.25) is 0 Å². The largest absolute Gasteiger partial charge is 0.495 e. The van der Waals surface area contributed by atoms with Crippen LogP contribution in [0.15, 0.2) is 76.9 Å². The molecule has 29 heavy (non-hydrogen) atoms. The van der Waals surface area contributed by atoms with Crippen LogP contribution >= 0.6 is 11.8 Å². The first-order chi connectivity index (χ1) is 14.2. The number of benzene rings is 2. The van der Waals surface area contributed by atoms with Crippen LogP contribution in [0.4, 0.5) is 5.69 Å². The average Bonchev–Trinajstić information content (AvgIpc) is 3.17. The number of ether oxygens (including phenoxy) is 1. The molecule has 0 aliphatic heterocycles. The van der Waals surface area contributed by atoms with Gasteiger partial charge >= 0.3 is 5.56 Å². The fourth-order valence-corrected chi connectivity index (χ4v) is 3.54. The number of anilines is 1. The Bertz CT molecular complexity index is 1220. The number of carbonyl (C=O) groups excluding carboxylic acids is 1. The van der Waals surface area contributed by atoms with Gasteiger partial charge in [-0.1, -0.05) is 42.1 Å². The van der Waals surface area contributed by atoms with Gasteiger partial charge in [-0.3, -0.25) is 18.6 Å². The SMILES string of the molecule is COc1ccccc1NC(=O)CSc1nnc2c(=O)n(-c3ccccc3)ccn12. The summed E-state index contributed by atoms with van der Waals surface area (Å²) in [7, 11) is 1.55. The molecule has 0 spiro atoms. The van der Waals surface area contributed by atoms with Gasteiger partial charge in [0.25, 0.3) is 0 Å². The third-order valence-corrected chi connectivity index (χ3v) is 5.13. The molecule has 1 amide bonds. The quantitative estimate of drug-likeness (QED) is 0.494. The molecule has 0 bridgehead atoms. The molecule has 0 saturated carbocycles. The first-order valence-corrected chi connectivity index (χ1v) is 9.73. The lowest BCUT2D eigenvalue weighted by Gasteiger charge is -2.09. The van der Waals surface area contributed by atoms with Crippen molar-refractivity contribution in [2.75, 3.05) is 18.2 Å². The number of aromatic nitrogens is 4. The van der Waals surface area contributed by atoms with Crippen molar-refractivity contribution in [1.29, 1.82) is 0 Å². The molecule has 2 aromatic heterocycles. The van der Waals surface area contributed by atoms with E-state index >= 15 is 0 Å². The Balaban J connectivity index is 1.51. The van der Waals surface area contributed by atoms with Crippen LogP contribution in [0.3, 0.4) is 0 Å². The molecular formula is C20H17N5O3S. The number of fused-ring (bicyclic) bond motifs is 1. The highest BCUT2D eigenvalue weighted by molar-refractivity contribution is 7.99. The second-order valence-corrected chi connectivity index (χ2v) is 6.96. The second kappa shape index (κ2) is 8.19. The van der Waals surface area contributed by atoms with E-state index in [1.54, 1.807) is 36.0 Å². The molecule has 0 saturated heterocycles. The highest BCUT2D eigenvalue weighted by atomic mass is 32.2. The maximum atomic E-state index is 12.7. The van der Waals surface area contributed by atoms with E-state index in [-0.39, 0.29) is 22.9 Å². The fourth-order valence-electron chi connectivity index (χ4n) is 2.82. The average molecular weight is 407 g/mol.